The van der Waals surface area contributed by atoms with Crippen LogP contribution in [0.1, 0.15) is 50.8 Å². The van der Waals surface area contributed by atoms with Crippen molar-refractivity contribution in [2.45, 2.75) is 64.5 Å². The van der Waals surface area contributed by atoms with Gasteiger partial charge in [-0.25, -0.2) is 0 Å². The van der Waals surface area contributed by atoms with Gasteiger partial charge < -0.3 is 9.64 Å². The molecule has 2 heterocycles. The molecule has 1 saturated heterocycles. The van der Waals surface area contributed by atoms with E-state index in [2.05, 4.69) is 19.9 Å². The summed E-state index contributed by atoms with van der Waals surface area (Å²) in [7, 11) is 0. The van der Waals surface area contributed by atoms with Gasteiger partial charge in [-0.05, 0) is 57.4 Å². The van der Waals surface area contributed by atoms with Crippen molar-refractivity contribution in [3.05, 3.63) is 22.4 Å². The quantitative estimate of drug-likeness (QED) is 0.754. The average molecular weight is 323 g/mol. The molecule has 1 aromatic heterocycles. The van der Waals surface area contributed by atoms with E-state index < -0.39 is 0 Å². The number of hydrogen-bond acceptors (Lipinski definition) is 4. The Labute approximate surface area is 136 Å². The lowest BCUT2D eigenvalue weighted by Gasteiger charge is -2.38. The van der Waals surface area contributed by atoms with Gasteiger partial charge in [-0.15, -0.1) is 11.3 Å². The van der Waals surface area contributed by atoms with Crippen LogP contribution in [0.3, 0.4) is 0 Å². The third-order valence-corrected chi connectivity index (χ3v) is 5.16. The molecule has 0 aliphatic carbocycles. The topological polar surface area (TPSA) is 46.6 Å². The molecular weight excluding hydrogens is 298 g/mol. The number of hydrogen-bond donors (Lipinski definition) is 0. The second-order valence-electron chi connectivity index (χ2n) is 6.02. The molecular formula is C17H25NO3S. The van der Waals surface area contributed by atoms with E-state index in [4.69, 9.17) is 4.74 Å². The number of aryl methyl sites for hydroxylation is 1. The van der Waals surface area contributed by atoms with Crippen LogP contribution in [-0.4, -0.2) is 35.5 Å². The third-order valence-electron chi connectivity index (χ3n) is 4.22. The molecule has 0 unspecified atom stereocenters. The van der Waals surface area contributed by atoms with E-state index in [1.807, 2.05) is 16.3 Å². The highest BCUT2D eigenvalue weighted by molar-refractivity contribution is 7.09. The zero-order valence-corrected chi connectivity index (χ0v) is 14.2. The Morgan fingerprint density at radius 3 is 2.68 bits per heavy atom. The van der Waals surface area contributed by atoms with E-state index in [0.717, 1.165) is 32.1 Å². The maximum absolute atomic E-state index is 12.2. The van der Waals surface area contributed by atoms with Gasteiger partial charge in [-0.3, -0.25) is 9.59 Å². The second kappa shape index (κ2) is 8.32. The summed E-state index contributed by atoms with van der Waals surface area (Å²) >= 11 is 1.70. The van der Waals surface area contributed by atoms with Crippen LogP contribution in [0.5, 0.6) is 0 Å². The van der Waals surface area contributed by atoms with Crippen LogP contribution in [-0.2, 0) is 20.7 Å². The number of piperidine rings is 1. The molecule has 122 valence electrons. The number of carbonyl (C=O) groups is 2. The summed E-state index contributed by atoms with van der Waals surface area (Å²) in [6.07, 6.45) is 5.26. The molecule has 2 atom stereocenters. The Morgan fingerprint density at radius 1 is 1.32 bits per heavy atom. The predicted octanol–water partition coefficient (Wildman–Crippen LogP) is 3.40. The Balaban J connectivity index is 1.67. The molecule has 4 nitrogen and oxygen atoms in total. The van der Waals surface area contributed by atoms with Crippen molar-refractivity contribution in [1.82, 2.24) is 4.90 Å². The fraction of sp³-hybridized carbons (Fsp3) is 0.647. The SMILES string of the molecule is C[C@@H]1CCC[C@H](C)N1C(=O)COC(=O)CCCc1cccs1. The van der Waals surface area contributed by atoms with Crippen molar-refractivity contribution >= 4 is 23.2 Å². The van der Waals surface area contributed by atoms with Gasteiger partial charge in [0, 0.05) is 23.4 Å². The molecule has 0 spiro atoms. The Hall–Kier alpha value is -1.36. The van der Waals surface area contributed by atoms with Gasteiger partial charge in [0.25, 0.3) is 5.91 Å². The van der Waals surface area contributed by atoms with E-state index >= 15 is 0 Å². The van der Waals surface area contributed by atoms with Gasteiger partial charge in [0.05, 0.1) is 0 Å². The number of thiophene rings is 1. The first-order valence-electron chi connectivity index (χ1n) is 8.07. The number of likely N-dealkylation sites (tertiary alicyclic amines) is 1. The molecule has 0 saturated carbocycles. The molecule has 5 heteroatoms. The van der Waals surface area contributed by atoms with Crippen LogP contribution in [0.15, 0.2) is 17.5 Å². The summed E-state index contributed by atoms with van der Waals surface area (Å²) in [5, 5.41) is 2.03. The van der Waals surface area contributed by atoms with Gasteiger partial charge in [0.2, 0.25) is 0 Å². The van der Waals surface area contributed by atoms with Crippen LogP contribution in [0.25, 0.3) is 0 Å². The van der Waals surface area contributed by atoms with Crippen LogP contribution < -0.4 is 0 Å². The van der Waals surface area contributed by atoms with E-state index in [0.29, 0.717) is 6.42 Å². The van der Waals surface area contributed by atoms with Crippen molar-refractivity contribution < 1.29 is 14.3 Å². The Bertz CT molecular complexity index is 476. The molecule has 0 aromatic carbocycles. The number of amides is 1. The smallest absolute Gasteiger partial charge is 0.306 e. The minimum absolute atomic E-state index is 0.0636. The van der Waals surface area contributed by atoms with Gasteiger partial charge >= 0.3 is 5.97 Å². The van der Waals surface area contributed by atoms with Crippen molar-refractivity contribution in [3.63, 3.8) is 0 Å². The summed E-state index contributed by atoms with van der Waals surface area (Å²) in [4.78, 5) is 27.1. The van der Waals surface area contributed by atoms with Crippen molar-refractivity contribution in [3.8, 4) is 0 Å². The highest BCUT2D eigenvalue weighted by Crippen LogP contribution is 2.22. The van der Waals surface area contributed by atoms with Crippen molar-refractivity contribution in [2.24, 2.45) is 0 Å². The molecule has 1 aliphatic heterocycles. The fourth-order valence-electron chi connectivity index (χ4n) is 3.06. The minimum Gasteiger partial charge on any atom is -0.456 e. The van der Waals surface area contributed by atoms with Gasteiger partial charge in [0.15, 0.2) is 6.61 Å². The highest BCUT2D eigenvalue weighted by atomic mass is 32.1. The second-order valence-corrected chi connectivity index (χ2v) is 7.06. The zero-order chi connectivity index (χ0) is 15.9. The van der Waals surface area contributed by atoms with Gasteiger partial charge in [-0.1, -0.05) is 6.07 Å². The maximum Gasteiger partial charge on any atom is 0.306 e. The summed E-state index contributed by atoms with van der Waals surface area (Å²) in [6, 6.07) is 4.57. The lowest BCUT2D eigenvalue weighted by atomic mass is 9.97. The predicted molar refractivity (Wildman–Crippen MR) is 87.8 cm³/mol. The van der Waals surface area contributed by atoms with Crippen LogP contribution in [0.4, 0.5) is 0 Å². The molecule has 2 rings (SSSR count). The highest BCUT2D eigenvalue weighted by Gasteiger charge is 2.29. The molecule has 1 fully saturated rings. The molecule has 0 bridgehead atoms. The number of rotatable bonds is 6. The Morgan fingerprint density at radius 2 is 2.05 bits per heavy atom. The summed E-state index contributed by atoms with van der Waals surface area (Å²) in [5.41, 5.74) is 0. The molecule has 0 radical (unpaired) electrons. The van der Waals surface area contributed by atoms with E-state index in [1.54, 1.807) is 11.3 Å². The fourth-order valence-corrected chi connectivity index (χ4v) is 3.81. The maximum atomic E-state index is 12.2. The largest absolute Gasteiger partial charge is 0.456 e. The van der Waals surface area contributed by atoms with E-state index in [-0.39, 0.29) is 30.6 Å². The minimum atomic E-state index is -0.276. The van der Waals surface area contributed by atoms with Crippen LogP contribution in [0.2, 0.25) is 0 Å². The first-order valence-corrected chi connectivity index (χ1v) is 8.95. The van der Waals surface area contributed by atoms with Gasteiger partial charge in [0.1, 0.15) is 0 Å². The summed E-state index contributed by atoms with van der Waals surface area (Å²) < 4.78 is 5.15. The summed E-state index contributed by atoms with van der Waals surface area (Å²) in [5.74, 6) is -0.339. The number of nitrogens with zero attached hydrogens (tertiary/aromatic N) is 1. The monoisotopic (exact) mass is 323 g/mol. The normalized spacial score (nSPS) is 21.6. The van der Waals surface area contributed by atoms with Crippen LogP contribution in [0, 0.1) is 0 Å². The zero-order valence-electron chi connectivity index (χ0n) is 13.4. The lowest BCUT2D eigenvalue weighted by molar-refractivity contribution is -0.154. The molecule has 22 heavy (non-hydrogen) atoms. The van der Waals surface area contributed by atoms with E-state index in [1.165, 1.54) is 4.88 Å². The number of ether oxygens (including phenoxy) is 1. The number of esters is 1. The standard InChI is InChI=1S/C17H25NO3S/c1-13-6-3-7-14(2)18(13)16(19)12-21-17(20)10-4-8-15-9-5-11-22-15/h5,9,11,13-14H,3-4,6-8,10,12H2,1-2H3/t13-,14+. The lowest BCUT2D eigenvalue weighted by Crippen LogP contribution is -2.49. The van der Waals surface area contributed by atoms with Crippen molar-refractivity contribution in [2.75, 3.05) is 6.61 Å². The molecule has 0 N–H and O–H groups in total. The van der Waals surface area contributed by atoms with Gasteiger partial charge in [-0.2, -0.15) is 0 Å². The molecule has 1 amide bonds. The Kier molecular flexibility index (Phi) is 6.43. The average Bonchev–Trinajstić information content (AvgIpc) is 2.98. The molecule has 1 aliphatic rings. The van der Waals surface area contributed by atoms with Crippen LogP contribution >= 0.6 is 11.3 Å². The summed E-state index contributed by atoms with van der Waals surface area (Å²) in [6.45, 7) is 4.01. The number of carbonyl (C=O) groups excluding carboxylic acids is 2. The first kappa shape index (κ1) is 17.0. The van der Waals surface area contributed by atoms with E-state index in [9.17, 15) is 9.59 Å². The third kappa shape index (κ3) is 4.83. The van der Waals surface area contributed by atoms with Crippen molar-refractivity contribution in [1.29, 1.82) is 0 Å². The first-order chi connectivity index (χ1) is 10.6. The molecule has 1 aromatic rings.